The SMILES string of the molecule is Cc1cccc(COc2ccc(S(=O)(=O)NC(=O)Cc3nc4ncccn4n3)cc2)c1. The number of nitrogens with zero attached hydrogens (tertiary/aromatic N) is 4. The third-order valence-electron chi connectivity index (χ3n) is 4.35. The second-order valence-electron chi connectivity index (χ2n) is 6.85. The predicted octanol–water partition coefficient (Wildman–Crippen LogP) is 2.06. The molecule has 0 radical (unpaired) electrons. The van der Waals surface area contributed by atoms with Crippen LogP contribution in [0.15, 0.2) is 71.9 Å². The highest BCUT2D eigenvalue weighted by molar-refractivity contribution is 7.90. The minimum absolute atomic E-state index is 0.0478. The number of hydrogen-bond donors (Lipinski definition) is 1. The molecule has 9 nitrogen and oxygen atoms in total. The molecule has 0 saturated carbocycles. The van der Waals surface area contributed by atoms with Crippen LogP contribution in [0.25, 0.3) is 5.78 Å². The summed E-state index contributed by atoms with van der Waals surface area (Å²) in [6.07, 6.45) is 2.89. The lowest BCUT2D eigenvalue weighted by Gasteiger charge is -2.09. The van der Waals surface area contributed by atoms with Gasteiger partial charge in [0.2, 0.25) is 5.91 Å². The number of aromatic nitrogens is 4. The van der Waals surface area contributed by atoms with Gasteiger partial charge in [0, 0.05) is 12.4 Å². The Morgan fingerprint density at radius 3 is 2.68 bits per heavy atom. The minimum Gasteiger partial charge on any atom is -0.489 e. The molecule has 31 heavy (non-hydrogen) atoms. The average Bonchev–Trinajstić information content (AvgIpc) is 3.14. The topological polar surface area (TPSA) is 116 Å². The van der Waals surface area contributed by atoms with Crippen LogP contribution in [0, 0.1) is 6.92 Å². The van der Waals surface area contributed by atoms with Crippen LogP contribution in [0.4, 0.5) is 0 Å². The van der Waals surface area contributed by atoms with E-state index in [4.69, 9.17) is 4.74 Å². The highest BCUT2D eigenvalue weighted by Gasteiger charge is 2.19. The third kappa shape index (κ3) is 5.04. The molecule has 4 aromatic rings. The normalized spacial score (nSPS) is 11.4. The van der Waals surface area contributed by atoms with Crippen molar-refractivity contribution in [2.75, 3.05) is 0 Å². The molecule has 1 N–H and O–H groups in total. The average molecular weight is 437 g/mol. The minimum atomic E-state index is -4.03. The van der Waals surface area contributed by atoms with E-state index in [9.17, 15) is 13.2 Å². The Balaban J connectivity index is 1.37. The van der Waals surface area contributed by atoms with E-state index in [1.54, 1.807) is 30.6 Å². The molecule has 0 atom stereocenters. The molecular formula is C21H19N5O4S. The number of hydrogen-bond acceptors (Lipinski definition) is 7. The van der Waals surface area contributed by atoms with Crippen molar-refractivity contribution in [1.82, 2.24) is 24.3 Å². The number of amides is 1. The zero-order valence-electron chi connectivity index (χ0n) is 16.6. The molecule has 0 saturated heterocycles. The molecule has 0 aliphatic heterocycles. The van der Waals surface area contributed by atoms with E-state index in [0.717, 1.165) is 11.1 Å². The van der Waals surface area contributed by atoms with Gasteiger partial charge in [0.1, 0.15) is 12.4 Å². The molecule has 0 bridgehead atoms. The summed E-state index contributed by atoms with van der Waals surface area (Å²) in [6.45, 7) is 2.37. The fourth-order valence-corrected chi connectivity index (χ4v) is 3.91. The maximum atomic E-state index is 12.5. The molecule has 1 amide bonds. The Morgan fingerprint density at radius 2 is 1.94 bits per heavy atom. The second-order valence-corrected chi connectivity index (χ2v) is 8.53. The van der Waals surface area contributed by atoms with Gasteiger partial charge in [0.05, 0.1) is 11.3 Å². The number of aryl methyl sites for hydroxylation is 1. The maximum Gasteiger partial charge on any atom is 0.264 e. The summed E-state index contributed by atoms with van der Waals surface area (Å²) in [5.74, 6) is 0.282. The summed E-state index contributed by atoms with van der Waals surface area (Å²) in [4.78, 5) is 20.3. The number of fused-ring (bicyclic) bond motifs is 1. The van der Waals surface area contributed by atoms with Gasteiger partial charge >= 0.3 is 0 Å². The summed E-state index contributed by atoms with van der Waals surface area (Å²) in [7, 11) is -4.03. The standard InChI is InChI=1S/C21H19N5O4S/c1-15-4-2-5-16(12-15)14-30-17-6-8-18(9-7-17)31(28,29)25-20(27)13-19-23-21-22-10-3-11-26(21)24-19/h2-12H,13-14H2,1H3,(H,25,27). The van der Waals surface area contributed by atoms with Crippen LogP contribution in [0.2, 0.25) is 0 Å². The lowest BCUT2D eigenvalue weighted by molar-refractivity contribution is -0.118. The van der Waals surface area contributed by atoms with Gasteiger partial charge in [-0.1, -0.05) is 29.8 Å². The van der Waals surface area contributed by atoms with Crippen LogP contribution in [-0.2, 0) is 27.8 Å². The molecule has 0 fully saturated rings. The Bertz CT molecular complexity index is 1300. The van der Waals surface area contributed by atoms with E-state index in [1.807, 2.05) is 35.9 Å². The Hall–Kier alpha value is -3.79. The van der Waals surface area contributed by atoms with Crippen molar-refractivity contribution >= 4 is 21.7 Å². The molecule has 2 aromatic carbocycles. The van der Waals surface area contributed by atoms with Gasteiger partial charge in [-0.3, -0.25) is 4.79 Å². The zero-order chi connectivity index (χ0) is 21.8. The van der Waals surface area contributed by atoms with E-state index < -0.39 is 15.9 Å². The lowest BCUT2D eigenvalue weighted by atomic mass is 10.1. The van der Waals surface area contributed by atoms with Crippen molar-refractivity contribution in [2.24, 2.45) is 0 Å². The van der Waals surface area contributed by atoms with E-state index in [-0.39, 0.29) is 17.1 Å². The highest BCUT2D eigenvalue weighted by atomic mass is 32.2. The number of ether oxygens (including phenoxy) is 1. The maximum absolute atomic E-state index is 12.5. The molecular weight excluding hydrogens is 418 g/mol. The fourth-order valence-electron chi connectivity index (χ4n) is 2.92. The van der Waals surface area contributed by atoms with Crippen molar-refractivity contribution in [3.05, 3.63) is 83.9 Å². The third-order valence-corrected chi connectivity index (χ3v) is 5.74. The number of benzene rings is 2. The number of rotatable bonds is 7. The monoisotopic (exact) mass is 437 g/mol. The van der Waals surface area contributed by atoms with Gasteiger partial charge in [-0.25, -0.2) is 22.6 Å². The summed E-state index contributed by atoms with van der Waals surface area (Å²) in [5, 5.41) is 4.09. The quantitative estimate of drug-likeness (QED) is 0.470. The van der Waals surface area contributed by atoms with E-state index in [2.05, 4.69) is 15.1 Å². The molecule has 0 unspecified atom stereocenters. The van der Waals surface area contributed by atoms with Crippen LogP contribution in [-0.4, -0.2) is 33.9 Å². The Morgan fingerprint density at radius 1 is 1.13 bits per heavy atom. The summed E-state index contributed by atoms with van der Waals surface area (Å²) < 4.78 is 34.1. The first-order chi connectivity index (χ1) is 14.9. The first kappa shape index (κ1) is 20.5. The molecule has 0 spiro atoms. The lowest BCUT2D eigenvalue weighted by Crippen LogP contribution is -2.32. The largest absolute Gasteiger partial charge is 0.489 e. The van der Waals surface area contributed by atoms with Gasteiger partial charge in [-0.2, -0.15) is 4.98 Å². The first-order valence-electron chi connectivity index (χ1n) is 9.39. The smallest absolute Gasteiger partial charge is 0.264 e. The zero-order valence-corrected chi connectivity index (χ0v) is 17.4. The van der Waals surface area contributed by atoms with Gasteiger partial charge in [0.25, 0.3) is 15.8 Å². The molecule has 2 heterocycles. The van der Waals surface area contributed by atoms with Gasteiger partial charge in [-0.15, -0.1) is 5.10 Å². The van der Waals surface area contributed by atoms with Gasteiger partial charge in [0.15, 0.2) is 5.82 Å². The first-order valence-corrected chi connectivity index (χ1v) is 10.9. The molecule has 2 aromatic heterocycles. The number of nitrogens with one attached hydrogen (secondary N) is 1. The number of carbonyl (C=O) groups is 1. The summed E-state index contributed by atoms with van der Waals surface area (Å²) >= 11 is 0. The van der Waals surface area contributed by atoms with Crippen LogP contribution < -0.4 is 9.46 Å². The van der Waals surface area contributed by atoms with Gasteiger partial charge in [-0.05, 0) is 42.8 Å². The van der Waals surface area contributed by atoms with Crippen LogP contribution in [0.1, 0.15) is 17.0 Å². The van der Waals surface area contributed by atoms with E-state index in [1.165, 1.54) is 16.6 Å². The molecule has 0 aliphatic carbocycles. The Kier molecular flexibility index (Phi) is 5.63. The predicted molar refractivity (Wildman–Crippen MR) is 112 cm³/mol. The van der Waals surface area contributed by atoms with Crippen LogP contribution in [0.5, 0.6) is 5.75 Å². The van der Waals surface area contributed by atoms with Crippen molar-refractivity contribution in [1.29, 1.82) is 0 Å². The number of sulfonamides is 1. The molecule has 10 heteroatoms. The molecule has 158 valence electrons. The van der Waals surface area contributed by atoms with Crippen LogP contribution >= 0.6 is 0 Å². The van der Waals surface area contributed by atoms with Crippen molar-refractivity contribution in [3.63, 3.8) is 0 Å². The summed E-state index contributed by atoms with van der Waals surface area (Å²) in [5.41, 5.74) is 2.15. The highest BCUT2D eigenvalue weighted by Crippen LogP contribution is 2.17. The van der Waals surface area contributed by atoms with Crippen molar-refractivity contribution < 1.29 is 17.9 Å². The number of carbonyl (C=O) groups excluding carboxylic acids is 1. The molecule has 4 rings (SSSR count). The second kappa shape index (κ2) is 8.52. The summed E-state index contributed by atoms with van der Waals surface area (Å²) in [6, 6.07) is 15.4. The van der Waals surface area contributed by atoms with Crippen LogP contribution in [0.3, 0.4) is 0 Å². The van der Waals surface area contributed by atoms with Gasteiger partial charge < -0.3 is 4.74 Å². The van der Waals surface area contributed by atoms with E-state index in [0.29, 0.717) is 18.1 Å². The van der Waals surface area contributed by atoms with Crippen molar-refractivity contribution in [3.8, 4) is 5.75 Å². The fraction of sp³-hybridized carbons (Fsp3) is 0.143. The van der Waals surface area contributed by atoms with Crippen molar-refractivity contribution in [2.45, 2.75) is 24.8 Å². The van der Waals surface area contributed by atoms with E-state index >= 15 is 0 Å². The Labute approximate surface area is 178 Å². The molecule has 0 aliphatic rings.